The summed E-state index contributed by atoms with van der Waals surface area (Å²) in [4.78, 5) is 10.9. The van der Waals surface area contributed by atoms with Crippen LogP contribution in [0.25, 0.3) is 0 Å². The molecule has 6 nitrogen and oxygen atoms in total. The summed E-state index contributed by atoms with van der Waals surface area (Å²) in [6, 6.07) is 13.6. The Morgan fingerprint density at radius 2 is 1.64 bits per heavy atom. The van der Waals surface area contributed by atoms with E-state index in [1.165, 1.54) is 24.3 Å². The standard InChI is InChI=1S/C14H12O6S2/c15-14(16)10-22(18,19)13-8-6-11(7-9-13)20-21(17)12-4-2-1-3-5-12/h1-9H,10H2,(H,15,16). The van der Waals surface area contributed by atoms with Gasteiger partial charge in [-0.25, -0.2) is 12.6 Å². The van der Waals surface area contributed by atoms with Crippen molar-refractivity contribution in [1.29, 1.82) is 0 Å². The van der Waals surface area contributed by atoms with E-state index in [1.807, 2.05) is 0 Å². The maximum atomic E-state index is 11.9. The second-order valence-electron chi connectivity index (χ2n) is 4.26. The number of rotatable bonds is 6. The average Bonchev–Trinajstić information content (AvgIpc) is 2.47. The van der Waals surface area contributed by atoms with Crippen LogP contribution in [0.15, 0.2) is 64.4 Å². The second kappa shape index (κ2) is 6.71. The molecule has 8 heteroatoms. The van der Waals surface area contributed by atoms with E-state index in [2.05, 4.69) is 0 Å². The average molecular weight is 340 g/mol. The molecule has 0 saturated carbocycles. The van der Waals surface area contributed by atoms with Crippen molar-refractivity contribution in [3.05, 3.63) is 54.6 Å². The van der Waals surface area contributed by atoms with Gasteiger partial charge in [0.1, 0.15) is 5.75 Å². The van der Waals surface area contributed by atoms with Crippen LogP contribution in [0.3, 0.4) is 0 Å². The third-order valence-electron chi connectivity index (χ3n) is 2.60. The molecule has 2 aromatic carbocycles. The predicted molar refractivity (Wildman–Crippen MR) is 79.6 cm³/mol. The zero-order valence-corrected chi connectivity index (χ0v) is 12.8. The molecule has 0 amide bonds. The molecule has 0 spiro atoms. The third kappa shape index (κ3) is 4.15. The fourth-order valence-corrected chi connectivity index (χ4v) is 3.42. The van der Waals surface area contributed by atoms with Crippen molar-refractivity contribution in [1.82, 2.24) is 0 Å². The smallest absolute Gasteiger partial charge is 0.319 e. The lowest BCUT2D eigenvalue weighted by atomic mass is 10.3. The van der Waals surface area contributed by atoms with Crippen LogP contribution in [0.1, 0.15) is 0 Å². The van der Waals surface area contributed by atoms with Crippen molar-refractivity contribution in [3.63, 3.8) is 0 Å². The van der Waals surface area contributed by atoms with Crippen LogP contribution in [-0.4, -0.2) is 29.5 Å². The van der Waals surface area contributed by atoms with Crippen LogP contribution < -0.4 is 4.18 Å². The van der Waals surface area contributed by atoms with Gasteiger partial charge in [0.2, 0.25) is 11.1 Å². The number of aliphatic carboxylic acids is 1. The Hall–Kier alpha value is -2.19. The topological polar surface area (TPSA) is 97.7 Å². The molecule has 0 aromatic heterocycles. The van der Waals surface area contributed by atoms with Crippen LogP contribution in [0.2, 0.25) is 0 Å². The Labute approximate surface area is 129 Å². The highest BCUT2D eigenvalue weighted by Crippen LogP contribution is 2.19. The van der Waals surface area contributed by atoms with Gasteiger partial charge in [-0.15, -0.1) is 0 Å². The maximum Gasteiger partial charge on any atom is 0.319 e. The summed E-state index contributed by atoms with van der Waals surface area (Å²) < 4.78 is 40.6. The zero-order valence-electron chi connectivity index (χ0n) is 11.2. The van der Waals surface area contributed by atoms with E-state index in [1.54, 1.807) is 30.3 Å². The van der Waals surface area contributed by atoms with Gasteiger partial charge in [0, 0.05) is 0 Å². The fourth-order valence-electron chi connectivity index (χ4n) is 1.62. The van der Waals surface area contributed by atoms with Crippen LogP contribution in [0.4, 0.5) is 0 Å². The first kappa shape index (κ1) is 16.2. The summed E-state index contributed by atoms with van der Waals surface area (Å²) in [6.07, 6.45) is 0. The molecule has 0 aliphatic heterocycles. The van der Waals surface area contributed by atoms with Crippen molar-refractivity contribution < 1.29 is 26.7 Å². The van der Waals surface area contributed by atoms with Gasteiger partial charge in [-0.1, -0.05) is 18.2 Å². The first-order chi connectivity index (χ1) is 10.4. The Bertz CT molecular complexity index is 782. The Morgan fingerprint density at radius 1 is 1.05 bits per heavy atom. The Balaban J connectivity index is 2.13. The monoisotopic (exact) mass is 340 g/mol. The number of carboxylic acids is 1. The van der Waals surface area contributed by atoms with Crippen molar-refractivity contribution >= 4 is 26.9 Å². The van der Waals surface area contributed by atoms with E-state index in [-0.39, 0.29) is 10.6 Å². The van der Waals surface area contributed by atoms with E-state index in [0.717, 1.165) is 0 Å². The molecule has 1 atom stereocenters. The van der Waals surface area contributed by atoms with Gasteiger partial charge < -0.3 is 9.29 Å². The van der Waals surface area contributed by atoms with Crippen LogP contribution >= 0.6 is 0 Å². The van der Waals surface area contributed by atoms with Gasteiger partial charge in [-0.05, 0) is 36.4 Å². The maximum absolute atomic E-state index is 11.9. The van der Waals surface area contributed by atoms with Gasteiger partial charge in [-0.3, -0.25) is 4.79 Å². The first-order valence-corrected chi connectivity index (χ1v) is 8.81. The van der Waals surface area contributed by atoms with Gasteiger partial charge in [0.25, 0.3) is 0 Å². The van der Waals surface area contributed by atoms with E-state index >= 15 is 0 Å². The molecule has 2 aromatic rings. The molecule has 0 saturated heterocycles. The molecule has 0 fully saturated rings. The molecular weight excluding hydrogens is 328 g/mol. The van der Waals surface area contributed by atoms with Crippen LogP contribution in [0, 0.1) is 0 Å². The molecule has 1 N–H and O–H groups in total. The number of hydrogen-bond acceptors (Lipinski definition) is 5. The summed E-state index contributed by atoms with van der Waals surface area (Å²) in [5.74, 6) is -2.19. The van der Waals surface area contributed by atoms with E-state index in [9.17, 15) is 17.4 Å². The highest BCUT2D eigenvalue weighted by Gasteiger charge is 2.18. The van der Waals surface area contributed by atoms with Gasteiger partial charge in [0.15, 0.2) is 15.6 Å². The van der Waals surface area contributed by atoms with Gasteiger partial charge in [-0.2, -0.15) is 0 Å². The quantitative estimate of drug-likeness (QED) is 0.858. The SMILES string of the molecule is O=C(O)CS(=O)(=O)c1ccc(OS(=O)c2ccccc2)cc1. The molecule has 0 radical (unpaired) electrons. The highest BCUT2D eigenvalue weighted by molar-refractivity contribution is 7.92. The fraction of sp³-hybridized carbons (Fsp3) is 0.0714. The Morgan fingerprint density at radius 3 is 2.18 bits per heavy atom. The molecule has 0 heterocycles. The lowest BCUT2D eigenvalue weighted by Crippen LogP contribution is -2.15. The summed E-state index contributed by atoms with van der Waals surface area (Å²) in [5, 5.41) is 8.57. The Kier molecular flexibility index (Phi) is 4.94. The summed E-state index contributed by atoms with van der Waals surface area (Å²) in [7, 11) is -3.89. The molecule has 116 valence electrons. The van der Waals surface area contributed by atoms with Crippen LogP contribution in [0.5, 0.6) is 5.75 Å². The van der Waals surface area contributed by atoms with Crippen LogP contribution in [-0.2, 0) is 25.7 Å². The van der Waals surface area contributed by atoms with Gasteiger partial charge >= 0.3 is 5.97 Å². The second-order valence-corrected chi connectivity index (χ2v) is 7.35. The normalized spacial score (nSPS) is 12.5. The number of hydrogen-bond donors (Lipinski definition) is 1. The van der Waals surface area contributed by atoms with Gasteiger partial charge in [0.05, 0.1) is 9.79 Å². The third-order valence-corrected chi connectivity index (χ3v) is 5.22. The van der Waals surface area contributed by atoms with E-state index in [0.29, 0.717) is 4.90 Å². The number of carbonyl (C=O) groups is 1. The zero-order chi connectivity index (χ0) is 16.2. The lowest BCUT2D eigenvalue weighted by Gasteiger charge is -2.06. The van der Waals surface area contributed by atoms with Crippen molar-refractivity contribution in [2.45, 2.75) is 9.79 Å². The molecule has 0 bridgehead atoms. The first-order valence-electron chi connectivity index (χ1n) is 6.08. The number of carboxylic acid groups (broad SMARTS) is 1. The number of benzene rings is 2. The molecule has 0 aliphatic carbocycles. The summed E-state index contributed by atoms with van der Waals surface area (Å²) >= 11 is -1.71. The predicted octanol–water partition coefficient (Wildman–Crippen LogP) is 1.65. The van der Waals surface area contributed by atoms with Crippen molar-refractivity contribution in [2.24, 2.45) is 0 Å². The molecule has 0 aliphatic rings. The minimum atomic E-state index is -3.89. The molecular formula is C14H12O6S2. The summed E-state index contributed by atoms with van der Waals surface area (Å²) in [5.41, 5.74) is 0. The lowest BCUT2D eigenvalue weighted by molar-refractivity contribution is -0.134. The largest absolute Gasteiger partial charge is 0.480 e. The molecule has 1 unspecified atom stereocenters. The minimum Gasteiger partial charge on any atom is -0.480 e. The van der Waals surface area contributed by atoms with Crippen molar-refractivity contribution in [3.8, 4) is 5.75 Å². The highest BCUT2D eigenvalue weighted by atomic mass is 32.2. The minimum absolute atomic E-state index is 0.132. The molecule has 2 rings (SSSR count). The summed E-state index contributed by atoms with van der Waals surface area (Å²) in [6.45, 7) is 0. The van der Waals surface area contributed by atoms with E-state index < -0.39 is 32.6 Å². The number of sulfone groups is 1. The van der Waals surface area contributed by atoms with Crippen molar-refractivity contribution in [2.75, 3.05) is 5.75 Å². The van der Waals surface area contributed by atoms with E-state index in [4.69, 9.17) is 9.29 Å². The molecule has 22 heavy (non-hydrogen) atoms.